The topological polar surface area (TPSA) is 168 Å². The molecule has 0 spiro atoms. The molecule has 45 heavy (non-hydrogen) atoms. The number of ketones is 2. The molecule has 3 saturated carbocycles. The van der Waals surface area contributed by atoms with Crippen LogP contribution in [-0.4, -0.2) is 78.3 Å². The minimum Gasteiger partial charge on any atom is -0.504 e. The van der Waals surface area contributed by atoms with E-state index in [-0.39, 0.29) is 41.7 Å². The van der Waals surface area contributed by atoms with Crippen LogP contribution in [0.15, 0.2) is 42.0 Å². The molecule has 0 aliphatic heterocycles. The number of benzene rings is 1. The average Bonchev–Trinajstić information content (AvgIpc) is 3.19. The third-order valence-electron chi connectivity index (χ3n) is 11.5. The Morgan fingerprint density at radius 2 is 1.82 bits per heavy atom. The second kappa shape index (κ2) is 12.5. The predicted octanol–water partition coefficient (Wildman–Crippen LogP) is 3.80. The van der Waals surface area contributed by atoms with Crippen LogP contribution in [-0.2, 0) is 9.59 Å². The van der Waals surface area contributed by atoms with E-state index in [2.05, 4.69) is 5.32 Å². The van der Waals surface area contributed by atoms with Gasteiger partial charge in [-0.15, -0.1) is 0 Å². The smallest absolute Gasteiger partial charge is 0.190 e. The van der Waals surface area contributed by atoms with Crippen molar-refractivity contribution >= 4 is 11.6 Å². The molecule has 1 aromatic carbocycles. The number of Topliss-reactive ketones (excluding diaryl/α,β-unsaturated/α-hetero) is 1. The van der Waals surface area contributed by atoms with Crippen molar-refractivity contribution in [2.24, 2.45) is 28.6 Å². The molecular formula is C35H50FNO8. The molecule has 4 aliphatic rings. The van der Waals surface area contributed by atoms with Crippen molar-refractivity contribution < 1.29 is 44.6 Å². The summed E-state index contributed by atoms with van der Waals surface area (Å²) in [6, 6.07) is 4.60. The number of rotatable bonds is 7. The fourth-order valence-corrected chi connectivity index (χ4v) is 9.08. The summed E-state index contributed by atoms with van der Waals surface area (Å²) in [7, 11) is 0. The van der Waals surface area contributed by atoms with E-state index in [4.69, 9.17) is 0 Å². The Kier molecular flexibility index (Phi) is 9.80. The molecule has 0 heterocycles. The number of aliphatic hydroxyl groups excluding tert-OH is 3. The fourth-order valence-electron chi connectivity index (χ4n) is 9.08. The molecule has 3 fully saturated rings. The lowest BCUT2D eigenvalue weighted by Crippen LogP contribution is -2.69. The van der Waals surface area contributed by atoms with E-state index in [9.17, 15) is 40.2 Å². The number of alkyl halides is 1. The number of phenols is 2. The van der Waals surface area contributed by atoms with Crippen LogP contribution in [0.5, 0.6) is 11.5 Å². The molecule has 10 atom stereocenters. The van der Waals surface area contributed by atoms with Gasteiger partial charge in [-0.2, -0.15) is 0 Å². The summed E-state index contributed by atoms with van der Waals surface area (Å²) < 4.78 is 16.9. The van der Waals surface area contributed by atoms with E-state index >= 15 is 4.39 Å². The first-order valence-electron chi connectivity index (χ1n) is 16.1. The van der Waals surface area contributed by atoms with Gasteiger partial charge in [-0.1, -0.05) is 52.3 Å². The van der Waals surface area contributed by atoms with Crippen LogP contribution >= 0.6 is 0 Å². The van der Waals surface area contributed by atoms with Crippen molar-refractivity contribution in [3.8, 4) is 11.5 Å². The number of hydrogen-bond acceptors (Lipinski definition) is 9. The lowest BCUT2D eigenvalue weighted by Gasteiger charge is -2.62. The molecule has 2 unspecified atom stereocenters. The molecule has 0 bridgehead atoms. The number of carbonyl (C=O) groups excluding carboxylic acids is 2. The van der Waals surface area contributed by atoms with Gasteiger partial charge in [0.1, 0.15) is 12.2 Å². The van der Waals surface area contributed by atoms with Crippen LogP contribution in [0.25, 0.3) is 0 Å². The van der Waals surface area contributed by atoms with Crippen LogP contribution in [0.1, 0.15) is 85.3 Å². The summed E-state index contributed by atoms with van der Waals surface area (Å²) in [5, 5.41) is 64.0. The van der Waals surface area contributed by atoms with Gasteiger partial charge < -0.3 is 36.0 Å². The van der Waals surface area contributed by atoms with Crippen molar-refractivity contribution in [1.29, 1.82) is 0 Å². The quantitative estimate of drug-likeness (QED) is 0.222. The molecule has 0 radical (unpaired) electrons. The summed E-state index contributed by atoms with van der Waals surface area (Å²) in [4.78, 5) is 24.4. The highest BCUT2D eigenvalue weighted by molar-refractivity contribution is 6.01. The zero-order chi connectivity index (χ0) is 33.7. The molecule has 4 aliphatic carbocycles. The number of carbonyl (C=O) groups is 2. The van der Waals surface area contributed by atoms with E-state index < -0.39 is 58.5 Å². The summed E-state index contributed by atoms with van der Waals surface area (Å²) in [5.41, 5.74) is -4.57. The summed E-state index contributed by atoms with van der Waals surface area (Å²) >= 11 is 0. The molecular weight excluding hydrogens is 581 g/mol. The van der Waals surface area contributed by atoms with Gasteiger partial charge in [0.05, 0.1) is 12.2 Å². The van der Waals surface area contributed by atoms with Gasteiger partial charge in [0.15, 0.2) is 28.7 Å². The Balaban J connectivity index is 0.000000233. The van der Waals surface area contributed by atoms with Crippen LogP contribution in [0, 0.1) is 28.6 Å². The number of halogens is 1. The monoisotopic (exact) mass is 631 g/mol. The maximum absolute atomic E-state index is 16.9. The maximum atomic E-state index is 16.9. The van der Waals surface area contributed by atoms with Gasteiger partial charge in [0.25, 0.3) is 0 Å². The zero-order valence-electron chi connectivity index (χ0n) is 27.1. The number of fused-ring (bicyclic) bond motifs is 5. The molecule has 250 valence electrons. The Labute approximate surface area is 264 Å². The minimum atomic E-state index is -1.98. The van der Waals surface area contributed by atoms with Crippen LogP contribution in [0.3, 0.4) is 0 Å². The summed E-state index contributed by atoms with van der Waals surface area (Å²) in [6.45, 7) is 10.5. The first-order valence-corrected chi connectivity index (χ1v) is 16.1. The highest BCUT2D eigenvalue weighted by Crippen LogP contribution is 2.70. The van der Waals surface area contributed by atoms with Gasteiger partial charge in [0.2, 0.25) is 0 Å². The number of aromatic hydroxyl groups is 2. The van der Waals surface area contributed by atoms with Gasteiger partial charge in [-0.05, 0) is 80.7 Å². The van der Waals surface area contributed by atoms with Crippen LogP contribution in [0.4, 0.5) is 4.39 Å². The van der Waals surface area contributed by atoms with E-state index in [0.29, 0.717) is 30.4 Å². The Morgan fingerprint density at radius 3 is 2.40 bits per heavy atom. The van der Waals surface area contributed by atoms with Gasteiger partial charge in [-0.3, -0.25) is 9.59 Å². The van der Waals surface area contributed by atoms with Crippen LogP contribution in [0.2, 0.25) is 0 Å². The lowest BCUT2D eigenvalue weighted by molar-refractivity contribution is -0.219. The zero-order valence-corrected chi connectivity index (χ0v) is 27.1. The molecule has 0 amide bonds. The SMILES string of the molecule is CCC(NC(C)C)C(O)c1ccc(O)c(O)c1.C[C@@H]1C[C@H]2[C@@H]3CCC4=CC(=O)C=C[C@]4(C)[C@@]3(F)[C@@H](O)C[C@]2(C)[C@@]1(O)C(=O)CO. The third kappa shape index (κ3) is 5.46. The van der Waals surface area contributed by atoms with E-state index in [1.807, 2.05) is 20.8 Å². The fraction of sp³-hybridized carbons (Fsp3) is 0.657. The summed E-state index contributed by atoms with van der Waals surface area (Å²) in [6.07, 6.45) is 4.52. The van der Waals surface area contributed by atoms with E-state index in [0.717, 1.165) is 6.42 Å². The highest BCUT2D eigenvalue weighted by Gasteiger charge is 2.75. The lowest BCUT2D eigenvalue weighted by atomic mass is 9.44. The third-order valence-corrected chi connectivity index (χ3v) is 11.5. The number of allylic oxidation sites excluding steroid dienone is 4. The average molecular weight is 632 g/mol. The molecule has 7 N–H and O–H groups in total. The number of phenolic OH excluding ortho intramolecular Hbond substituents is 2. The molecule has 0 aromatic heterocycles. The van der Waals surface area contributed by atoms with E-state index in [1.54, 1.807) is 32.9 Å². The first-order chi connectivity index (χ1) is 20.9. The highest BCUT2D eigenvalue weighted by atomic mass is 19.1. The summed E-state index contributed by atoms with van der Waals surface area (Å²) in [5.74, 6) is -2.50. The van der Waals surface area contributed by atoms with Gasteiger partial charge in [-0.25, -0.2) is 4.39 Å². The number of hydrogen-bond donors (Lipinski definition) is 7. The Bertz CT molecular complexity index is 1360. The van der Waals surface area contributed by atoms with Crippen molar-refractivity contribution in [2.45, 2.75) is 109 Å². The van der Waals surface area contributed by atoms with Crippen molar-refractivity contribution in [2.75, 3.05) is 6.61 Å². The maximum Gasteiger partial charge on any atom is 0.190 e. The van der Waals surface area contributed by atoms with Gasteiger partial charge >= 0.3 is 0 Å². The van der Waals surface area contributed by atoms with Crippen LogP contribution < -0.4 is 5.32 Å². The van der Waals surface area contributed by atoms with Crippen molar-refractivity contribution in [3.05, 3.63) is 47.6 Å². The molecule has 10 heteroatoms. The second-order valence-electron chi connectivity index (χ2n) is 14.3. The molecule has 0 saturated heterocycles. The molecule has 5 rings (SSSR count). The minimum absolute atomic E-state index is 0.0676. The predicted molar refractivity (Wildman–Crippen MR) is 167 cm³/mol. The second-order valence-corrected chi connectivity index (χ2v) is 14.3. The van der Waals surface area contributed by atoms with Crippen molar-refractivity contribution in [1.82, 2.24) is 5.32 Å². The number of aliphatic hydroxyl groups is 4. The molecule has 9 nitrogen and oxygen atoms in total. The van der Waals surface area contributed by atoms with Gasteiger partial charge in [0, 0.05) is 28.8 Å². The van der Waals surface area contributed by atoms with Crippen molar-refractivity contribution in [3.63, 3.8) is 0 Å². The molecule has 1 aromatic rings. The standard InChI is InChI=1S/C22H29FO5.C13H21NO3/c1-12-8-16-15-5-4-13-9-14(25)6-7-19(13,2)21(15,23)17(26)10-20(16,3)22(12,28)18(27)11-24;1-4-10(14-8(2)3)13(17)9-5-6-11(15)12(16)7-9/h6-7,9,12,15-17,24,26,28H,4-5,8,10-11H2,1-3H3;5-8,10,13-17H,4H2,1-3H3/t12-,15+,16+,17+,19+,20+,21+,22+;/m1./s1. The largest absolute Gasteiger partial charge is 0.504 e. The Morgan fingerprint density at radius 1 is 1.16 bits per heavy atom. The normalized spacial score (nSPS) is 38.3. The first kappa shape index (κ1) is 35.2. The van der Waals surface area contributed by atoms with E-state index in [1.165, 1.54) is 24.3 Å². The Hall–Kier alpha value is -2.63. The number of nitrogens with one attached hydrogen (secondary N) is 1.